The van der Waals surface area contributed by atoms with Gasteiger partial charge in [-0.1, -0.05) is 6.07 Å². The molecule has 10 nitrogen and oxygen atoms in total. The standard InChI is InChI=1S/C23H24F3N5O5/c24-23(25,26)20-17(18-3-1-2-8-31(18)28-20)14-36-16-6-4-15(5-7-16)21(32)27-13-19(22(33)29-34)30-9-11-35-12-10-30/h1-8,19,34H,9-14H2,(H,27,32)(H,29,33)/t19-/m0/s1. The number of benzene rings is 1. The summed E-state index contributed by atoms with van der Waals surface area (Å²) in [5, 5.41) is 15.3. The smallest absolute Gasteiger partial charge is 0.435 e. The highest BCUT2D eigenvalue weighted by atomic mass is 19.4. The van der Waals surface area contributed by atoms with Crippen molar-refractivity contribution in [3.8, 4) is 5.75 Å². The average molecular weight is 507 g/mol. The van der Waals surface area contributed by atoms with Crippen LogP contribution >= 0.6 is 0 Å². The Morgan fingerprint density at radius 1 is 1.14 bits per heavy atom. The second-order valence-corrected chi connectivity index (χ2v) is 8.02. The highest BCUT2D eigenvalue weighted by Crippen LogP contribution is 2.33. The number of carbonyl (C=O) groups excluding carboxylic acids is 2. The van der Waals surface area contributed by atoms with Gasteiger partial charge in [-0.2, -0.15) is 18.3 Å². The van der Waals surface area contributed by atoms with Crippen molar-refractivity contribution >= 4 is 17.3 Å². The Labute approximate surface area is 203 Å². The van der Waals surface area contributed by atoms with Crippen molar-refractivity contribution in [2.75, 3.05) is 32.8 Å². The maximum absolute atomic E-state index is 13.5. The molecule has 2 aromatic heterocycles. The van der Waals surface area contributed by atoms with Crippen LogP contribution in [-0.4, -0.2) is 70.4 Å². The van der Waals surface area contributed by atoms with Gasteiger partial charge in [0.05, 0.1) is 18.7 Å². The van der Waals surface area contributed by atoms with E-state index in [1.54, 1.807) is 22.5 Å². The summed E-state index contributed by atoms with van der Waals surface area (Å²) in [5.41, 5.74) is 1.04. The molecular formula is C23H24F3N5O5. The second-order valence-electron chi connectivity index (χ2n) is 8.02. The Bertz CT molecular complexity index is 1210. The lowest BCUT2D eigenvalue weighted by Gasteiger charge is -2.33. The van der Waals surface area contributed by atoms with Crippen LogP contribution in [0.4, 0.5) is 13.2 Å². The van der Waals surface area contributed by atoms with Crippen LogP contribution in [0, 0.1) is 0 Å². The van der Waals surface area contributed by atoms with Crippen molar-refractivity contribution in [3.63, 3.8) is 0 Å². The summed E-state index contributed by atoms with van der Waals surface area (Å²) in [6.45, 7) is 1.41. The van der Waals surface area contributed by atoms with Gasteiger partial charge in [0.2, 0.25) is 0 Å². The number of fused-ring (bicyclic) bond motifs is 1. The minimum absolute atomic E-state index is 0.0432. The lowest BCUT2D eigenvalue weighted by Crippen LogP contribution is -2.55. The van der Waals surface area contributed by atoms with Gasteiger partial charge in [0.1, 0.15) is 18.4 Å². The number of nitrogens with zero attached hydrogens (tertiary/aromatic N) is 3. The fourth-order valence-corrected chi connectivity index (χ4v) is 3.92. The summed E-state index contributed by atoms with van der Waals surface area (Å²) in [5.74, 6) is -0.847. The first kappa shape index (κ1) is 25.4. The molecule has 36 heavy (non-hydrogen) atoms. The van der Waals surface area contributed by atoms with Gasteiger partial charge in [-0.05, 0) is 36.4 Å². The minimum atomic E-state index is -4.64. The molecule has 3 aromatic rings. The number of alkyl halides is 3. The second kappa shape index (κ2) is 10.9. The maximum Gasteiger partial charge on any atom is 0.435 e. The Kier molecular flexibility index (Phi) is 7.72. The summed E-state index contributed by atoms with van der Waals surface area (Å²) in [4.78, 5) is 26.4. The van der Waals surface area contributed by atoms with Crippen molar-refractivity contribution in [2.45, 2.75) is 18.8 Å². The van der Waals surface area contributed by atoms with Gasteiger partial charge in [0, 0.05) is 37.0 Å². The lowest BCUT2D eigenvalue weighted by atomic mass is 10.1. The predicted octanol–water partition coefficient (Wildman–Crippen LogP) is 1.87. The molecule has 0 aliphatic carbocycles. The first-order chi connectivity index (χ1) is 17.3. The largest absolute Gasteiger partial charge is 0.489 e. The van der Waals surface area contributed by atoms with Gasteiger partial charge in [-0.25, -0.2) is 10.00 Å². The summed E-state index contributed by atoms with van der Waals surface area (Å²) >= 11 is 0. The molecule has 3 heterocycles. The van der Waals surface area contributed by atoms with Gasteiger partial charge in [-0.3, -0.25) is 19.7 Å². The van der Waals surface area contributed by atoms with Crippen LogP contribution in [0.1, 0.15) is 21.6 Å². The predicted molar refractivity (Wildman–Crippen MR) is 119 cm³/mol. The number of hydroxylamine groups is 1. The number of ether oxygens (including phenoxy) is 2. The number of aromatic nitrogens is 2. The van der Waals surface area contributed by atoms with Crippen molar-refractivity contribution in [1.82, 2.24) is 25.3 Å². The van der Waals surface area contributed by atoms with Gasteiger partial charge in [-0.15, -0.1) is 0 Å². The Morgan fingerprint density at radius 2 is 1.86 bits per heavy atom. The number of amides is 2. The molecule has 0 unspecified atom stereocenters. The molecule has 13 heteroatoms. The van der Waals surface area contributed by atoms with E-state index in [1.165, 1.54) is 36.5 Å². The molecule has 0 spiro atoms. The Hall–Kier alpha value is -3.68. The molecule has 0 saturated carbocycles. The fourth-order valence-electron chi connectivity index (χ4n) is 3.92. The number of hydrogen-bond acceptors (Lipinski definition) is 7. The van der Waals surface area contributed by atoms with E-state index in [2.05, 4.69) is 10.4 Å². The van der Waals surface area contributed by atoms with Gasteiger partial charge in [0.25, 0.3) is 11.8 Å². The zero-order chi connectivity index (χ0) is 25.7. The molecule has 1 aromatic carbocycles. The van der Waals surface area contributed by atoms with E-state index in [0.29, 0.717) is 26.3 Å². The van der Waals surface area contributed by atoms with Crippen LogP contribution in [0.5, 0.6) is 5.75 Å². The van der Waals surface area contributed by atoms with Crippen molar-refractivity contribution < 1.29 is 37.4 Å². The molecule has 0 radical (unpaired) electrons. The number of pyridine rings is 1. The Balaban J connectivity index is 1.39. The van der Waals surface area contributed by atoms with Gasteiger partial charge >= 0.3 is 6.18 Å². The minimum Gasteiger partial charge on any atom is -0.489 e. The molecule has 1 atom stereocenters. The normalized spacial score (nSPS) is 15.4. The first-order valence-corrected chi connectivity index (χ1v) is 11.1. The monoisotopic (exact) mass is 507 g/mol. The van der Waals surface area contributed by atoms with E-state index in [0.717, 1.165) is 4.52 Å². The van der Waals surface area contributed by atoms with E-state index in [9.17, 15) is 22.8 Å². The lowest BCUT2D eigenvalue weighted by molar-refractivity contribution is -0.142. The van der Waals surface area contributed by atoms with Crippen LogP contribution in [0.2, 0.25) is 0 Å². The Morgan fingerprint density at radius 3 is 2.53 bits per heavy atom. The van der Waals surface area contributed by atoms with E-state index < -0.39 is 29.7 Å². The maximum atomic E-state index is 13.5. The van der Waals surface area contributed by atoms with Crippen LogP contribution in [0.15, 0.2) is 48.7 Å². The average Bonchev–Trinajstić information content (AvgIpc) is 3.27. The number of rotatable bonds is 8. The molecule has 0 bridgehead atoms. The molecule has 1 aliphatic heterocycles. The SMILES string of the molecule is O=C(NC[C@@H](C(=O)NO)N1CCOCC1)c1ccc(OCc2c(C(F)(F)F)nn3ccccc23)cc1. The molecule has 1 aliphatic rings. The molecule has 3 N–H and O–H groups in total. The highest BCUT2D eigenvalue weighted by Gasteiger charge is 2.38. The number of hydrogen-bond donors (Lipinski definition) is 3. The fraction of sp³-hybridized carbons (Fsp3) is 0.348. The van der Waals surface area contributed by atoms with E-state index >= 15 is 0 Å². The van der Waals surface area contributed by atoms with Crippen LogP contribution < -0.4 is 15.5 Å². The number of nitrogens with one attached hydrogen (secondary N) is 2. The van der Waals surface area contributed by atoms with E-state index in [1.807, 2.05) is 0 Å². The van der Waals surface area contributed by atoms with Gasteiger partial charge in [0.15, 0.2) is 5.69 Å². The van der Waals surface area contributed by atoms with E-state index in [4.69, 9.17) is 14.7 Å². The zero-order valence-corrected chi connectivity index (χ0v) is 19.0. The third kappa shape index (κ3) is 5.75. The summed E-state index contributed by atoms with van der Waals surface area (Å²) in [6.07, 6.45) is -3.21. The first-order valence-electron chi connectivity index (χ1n) is 11.1. The van der Waals surface area contributed by atoms with Crippen molar-refractivity contribution in [1.29, 1.82) is 0 Å². The van der Waals surface area contributed by atoms with Crippen LogP contribution in [-0.2, 0) is 22.3 Å². The van der Waals surface area contributed by atoms with Crippen molar-refractivity contribution in [2.24, 2.45) is 0 Å². The molecule has 2 amide bonds. The van der Waals surface area contributed by atoms with Crippen molar-refractivity contribution in [3.05, 3.63) is 65.5 Å². The summed E-state index contributed by atoms with van der Waals surface area (Å²) in [6, 6.07) is 9.79. The highest BCUT2D eigenvalue weighted by molar-refractivity contribution is 5.94. The number of morpholine rings is 1. The summed E-state index contributed by atoms with van der Waals surface area (Å²) < 4.78 is 52.3. The van der Waals surface area contributed by atoms with Gasteiger partial charge < -0.3 is 14.8 Å². The van der Waals surface area contributed by atoms with Crippen LogP contribution in [0.3, 0.4) is 0 Å². The molecular weight excluding hydrogens is 483 g/mol. The molecule has 1 saturated heterocycles. The van der Waals surface area contributed by atoms with Crippen LogP contribution in [0.25, 0.3) is 5.52 Å². The quantitative estimate of drug-likeness (QED) is 0.315. The molecule has 1 fully saturated rings. The van der Waals surface area contributed by atoms with E-state index in [-0.39, 0.29) is 35.5 Å². The zero-order valence-electron chi connectivity index (χ0n) is 19.0. The molecule has 4 rings (SSSR count). The topological polar surface area (TPSA) is 117 Å². The summed E-state index contributed by atoms with van der Waals surface area (Å²) in [7, 11) is 0. The third-order valence-electron chi connectivity index (χ3n) is 5.77. The number of carbonyl (C=O) groups is 2. The third-order valence-corrected chi connectivity index (χ3v) is 5.77. The number of halogens is 3. The molecule has 192 valence electrons.